The molecule has 0 radical (unpaired) electrons. The van der Waals surface area contributed by atoms with Crippen LogP contribution >= 0.6 is 17.2 Å². The van der Waals surface area contributed by atoms with Crippen molar-refractivity contribution in [2.45, 2.75) is 125 Å². The van der Waals surface area contributed by atoms with E-state index in [1.54, 1.807) is 0 Å². The van der Waals surface area contributed by atoms with Crippen molar-refractivity contribution in [3.05, 3.63) is 0 Å². The second-order valence-electron chi connectivity index (χ2n) is 10.5. The van der Waals surface area contributed by atoms with Crippen molar-refractivity contribution < 1.29 is 23.7 Å². The van der Waals surface area contributed by atoms with Crippen molar-refractivity contribution in [3.8, 4) is 0 Å². The number of nitrogens with zero attached hydrogens (tertiary/aromatic N) is 1. The summed E-state index contributed by atoms with van der Waals surface area (Å²) in [5, 5.41) is 0. The van der Waals surface area contributed by atoms with Crippen molar-refractivity contribution in [3.63, 3.8) is 0 Å². The summed E-state index contributed by atoms with van der Waals surface area (Å²) in [6, 6.07) is 0. The molecule has 36 heavy (non-hydrogen) atoms. The zero-order valence-electron chi connectivity index (χ0n) is 25.1. The van der Waals surface area contributed by atoms with Gasteiger partial charge in [0.1, 0.15) is 0 Å². The lowest BCUT2D eigenvalue weighted by Crippen LogP contribution is -2.30. The Morgan fingerprint density at radius 2 is 0.972 bits per heavy atom. The first-order valence-electron chi connectivity index (χ1n) is 14.5. The zero-order valence-corrected chi connectivity index (χ0v) is 27.1. The molecular weight excluding hydrogens is 492 g/mol. The molecule has 8 heteroatoms. The van der Waals surface area contributed by atoms with Gasteiger partial charge < -0.3 is 28.6 Å². The van der Waals surface area contributed by atoms with Crippen LogP contribution in [0, 0.1) is 0 Å². The maximum Gasteiger partial charge on any atom is 0.158 e. The first kappa shape index (κ1) is 36.6. The molecule has 0 aromatic rings. The van der Waals surface area contributed by atoms with Crippen LogP contribution in [0.1, 0.15) is 88.0 Å². The Morgan fingerprint density at radius 1 is 0.556 bits per heavy atom. The van der Waals surface area contributed by atoms with E-state index in [1.807, 2.05) is 0 Å². The lowest BCUT2D eigenvalue weighted by Gasteiger charge is -2.25. The highest BCUT2D eigenvalue weighted by Crippen LogP contribution is 2.19. The van der Waals surface area contributed by atoms with Crippen LogP contribution in [0.5, 0.6) is 0 Å². The first-order chi connectivity index (χ1) is 17.1. The molecule has 218 valence electrons. The molecule has 0 aromatic heterocycles. The summed E-state index contributed by atoms with van der Waals surface area (Å²) in [5.74, 6) is 0. The van der Waals surface area contributed by atoms with Crippen LogP contribution in [0.15, 0.2) is 0 Å². The molecule has 0 aliphatic heterocycles. The maximum atomic E-state index is 5.95. The normalized spacial score (nSPS) is 13.3. The van der Waals surface area contributed by atoms with E-state index in [0.29, 0.717) is 0 Å². The van der Waals surface area contributed by atoms with E-state index in [0.717, 1.165) is 62.6 Å². The van der Waals surface area contributed by atoms with Crippen LogP contribution in [-0.2, 0) is 23.7 Å². The maximum absolute atomic E-state index is 5.95. The minimum absolute atomic E-state index is 0.0753. The molecule has 0 aromatic carbocycles. The van der Waals surface area contributed by atoms with Gasteiger partial charge in [-0.3, -0.25) is 0 Å². The summed E-state index contributed by atoms with van der Waals surface area (Å²) in [6.45, 7) is 24.0. The molecule has 2 unspecified atom stereocenters. The molecule has 0 spiro atoms. The van der Waals surface area contributed by atoms with Gasteiger partial charge in [0.2, 0.25) is 0 Å². The van der Waals surface area contributed by atoms with E-state index in [4.69, 9.17) is 23.7 Å². The van der Waals surface area contributed by atoms with Crippen LogP contribution < -0.4 is 0 Å². The van der Waals surface area contributed by atoms with Gasteiger partial charge in [0.15, 0.2) is 12.6 Å². The predicted octanol–water partition coefficient (Wildman–Crippen LogP) is 6.59. The molecule has 0 aliphatic rings. The molecule has 0 aliphatic carbocycles. The molecule has 0 bridgehead atoms. The van der Waals surface area contributed by atoms with Gasteiger partial charge in [-0.15, -0.1) is 17.2 Å². The molecule has 0 fully saturated rings. The number of hydrogen-bond donors (Lipinski definition) is 0. The molecule has 2 atom stereocenters. The van der Waals surface area contributed by atoms with E-state index < -0.39 is 0 Å². The van der Waals surface area contributed by atoms with Crippen LogP contribution in [0.4, 0.5) is 0 Å². The second-order valence-corrected chi connectivity index (χ2v) is 13.5. The summed E-state index contributed by atoms with van der Waals surface area (Å²) < 4.78 is 29.5. The Balaban J connectivity index is 4.37. The first-order valence-corrected chi connectivity index (χ1v) is 17.3. The van der Waals surface area contributed by atoms with Crippen molar-refractivity contribution in [2.75, 3.05) is 57.5 Å². The van der Waals surface area contributed by atoms with Crippen LogP contribution in [0.25, 0.3) is 0 Å². The Kier molecular flexibility index (Phi) is 25.1. The third kappa shape index (κ3) is 24.9. The molecule has 0 heterocycles. The third-order valence-electron chi connectivity index (χ3n) is 5.13. The van der Waals surface area contributed by atoms with Crippen molar-refractivity contribution in [1.29, 1.82) is 0 Å². The highest BCUT2D eigenvalue weighted by molar-refractivity contribution is 7.38. The summed E-state index contributed by atoms with van der Waals surface area (Å²) in [4.78, 5) is 2.65. The molecule has 0 N–H and O–H groups in total. The van der Waals surface area contributed by atoms with E-state index in [9.17, 15) is 0 Å². The van der Waals surface area contributed by atoms with Gasteiger partial charge >= 0.3 is 0 Å². The quantitative estimate of drug-likeness (QED) is 0.0684. The minimum atomic E-state index is -0.0753. The Hall–Kier alpha value is 0.620. The standard InChI is InChI=1S/C28H61NO5P2/c1-10-17-30-18-11-14-29(15-21-35-19-12-27(31-23(2)3)32-24(4)5)16-22-36-20-13-28(33-25(6)7)34-26(8)9/h23-28,35-36H,10-22H2,1-9H3. The van der Waals surface area contributed by atoms with Gasteiger partial charge in [-0.05, 0) is 92.9 Å². The molecule has 0 saturated heterocycles. The monoisotopic (exact) mass is 553 g/mol. The van der Waals surface area contributed by atoms with E-state index in [1.165, 1.54) is 37.7 Å². The van der Waals surface area contributed by atoms with E-state index in [-0.39, 0.29) is 37.0 Å². The van der Waals surface area contributed by atoms with Gasteiger partial charge in [-0.25, -0.2) is 0 Å². The minimum Gasteiger partial charge on any atom is -0.381 e. The zero-order chi connectivity index (χ0) is 27.2. The van der Waals surface area contributed by atoms with Crippen LogP contribution in [0.2, 0.25) is 0 Å². The highest BCUT2D eigenvalue weighted by Gasteiger charge is 2.15. The van der Waals surface area contributed by atoms with Crippen molar-refractivity contribution >= 4 is 17.2 Å². The predicted molar refractivity (Wildman–Crippen MR) is 160 cm³/mol. The van der Waals surface area contributed by atoms with Gasteiger partial charge in [0, 0.05) is 45.7 Å². The fourth-order valence-corrected chi connectivity index (χ4v) is 6.02. The largest absolute Gasteiger partial charge is 0.381 e. The molecule has 0 saturated carbocycles. The number of ether oxygens (including phenoxy) is 5. The average molecular weight is 554 g/mol. The summed E-state index contributed by atoms with van der Waals surface area (Å²) in [6.07, 6.45) is 9.68. The molecular formula is C28H61NO5P2. The molecule has 6 nitrogen and oxygen atoms in total. The fourth-order valence-electron chi connectivity index (χ4n) is 3.69. The Bertz CT molecular complexity index is 415. The highest BCUT2D eigenvalue weighted by atomic mass is 31.1. The van der Waals surface area contributed by atoms with Crippen molar-refractivity contribution in [2.24, 2.45) is 0 Å². The summed E-state index contributed by atoms with van der Waals surface area (Å²) >= 11 is 0. The lowest BCUT2D eigenvalue weighted by atomic mass is 10.4. The SMILES string of the molecule is CCCOCCCN(CCPCCC(OC(C)C)OC(C)C)CCPCCC(OC(C)C)OC(C)C. The molecule has 0 rings (SSSR count). The topological polar surface area (TPSA) is 49.4 Å². The van der Waals surface area contributed by atoms with E-state index in [2.05, 4.69) is 67.2 Å². The van der Waals surface area contributed by atoms with Gasteiger partial charge in [-0.1, -0.05) is 6.92 Å². The summed E-state index contributed by atoms with van der Waals surface area (Å²) in [5.41, 5.74) is 0. The van der Waals surface area contributed by atoms with Crippen LogP contribution in [-0.4, -0.2) is 99.4 Å². The Morgan fingerprint density at radius 3 is 1.33 bits per heavy atom. The average Bonchev–Trinajstić information content (AvgIpc) is 2.76. The van der Waals surface area contributed by atoms with Gasteiger partial charge in [0.05, 0.1) is 24.4 Å². The Labute approximate surface area is 228 Å². The lowest BCUT2D eigenvalue weighted by molar-refractivity contribution is -0.181. The van der Waals surface area contributed by atoms with Gasteiger partial charge in [-0.2, -0.15) is 0 Å². The summed E-state index contributed by atoms with van der Waals surface area (Å²) in [7, 11) is 1.90. The third-order valence-corrected chi connectivity index (χ3v) is 7.57. The van der Waals surface area contributed by atoms with E-state index >= 15 is 0 Å². The van der Waals surface area contributed by atoms with Crippen LogP contribution in [0.3, 0.4) is 0 Å². The fraction of sp³-hybridized carbons (Fsp3) is 1.00. The number of hydrogen-bond acceptors (Lipinski definition) is 6. The second kappa shape index (κ2) is 24.6. The van der Waals surface area contributed by atoms with Crippen molar-refractivity contribution in [1.82, 2.24) is 4.90 Å². The van der Waals surface area contributed by atoms with Gasteiger partial charge in [0.25, 0.3) is 0 Å². The molecule has 0 amide bonds. The number of rotatable bonds is 26. The smallest absolute Gasteiger partial charge is 0.158 e.